The summed E-state index contributed by atoms with van der Waals surface area (Å²) in [6.45, 7) is 0. The molecule has 242 valence electrons. The molecule has 4 aromatic heterocycles. The predicted molar refractivity (Wildman–Crippen MR) is 215 cm³/mol. The summed E-state index contributed by atoms with van der Waals surface area (Å²) in [5.41, 5.74) is 12.8. The van der Waals surface area contributed by atoms with Gasteiger partial charge >= 0.3 is 0 Å². The van der Waals surface area contributed by atoms with Gasteiger partial charge in [-0.15, -0.1) is 0 Å². The molecule has 12 rings (SSSR count). The van der Waals surface area contributed by atoms with E-state index in [4.69, 9.17) is 8.83 Å². The first kappa shape index (κ1) is 27.7. The van der Waals surface area contributed by atoms with Gasteiger partial charge in [0.05, 0.1) is 22.1 Å². The zero-order chi connectivity index (χ0) is 33.9. The minimum Gasteiger partial charge on any atom is -0.456 e. The van der Waals surface area contributed by atoms with Crippen molar-refractivity contribution in [3.05, 3.63) is 170 Å². The van der Waals surface area contributed by atoms with Gasteiger partial charge in [0.1, 0.15) is 22.3 Å². The highest BCUT2D eigenvalue weighted by Crippen LogP contribution is 2.45. The third-order valence-electron chi connectivity index (χ3n) is 10.9. The van der Waals surface area contributed by atoms with Gasteiger partial charge in [0.2, 0.25) is 0 Å². The summed E-state index contributed by atoms with van der Waals surface area (Å²) in [5.74, 6) is 0. The first-order chi connectivity index (χ1) is 25.8. The van der Waals surface area contributed by atoms with Crippen LogP contribution in [0.15, 0.2) is 179 Å². The fraction of sp³-hybridized carbons (Fsp3) is 0. The Morgan fingerprint density at radius 3 is 1.15 bits per heavy atom. The molecule has 0 radical (unpaired) electrons. The molecule has 0 saturated carbocycles. The molecular weight excluding hydrogens is 637 g/mol. The average Bonchev–Trinajstić information content (AvgIpc) is 3.95. The van der Waals surface area contributed by atoms with Gasteiger partial charge in [-0.25, -0.2) is 0 Å². The second-order valence-electron chi connectivity index (χ2n) is 13.7. The highest BCUT2D eigenvalue weighted by atomic mass is 16.3. The van der Waals surface area contributed by atoms with Crippen LogP contribution in [0.1, 0.15) is 0 Å². The Morgan fingerprint density at radius 1 is 0.288 bits per heavy atom. The largest absolute Gasteiger partial charge is 0.456 e. The van der Waals surface area contributed by atoms with Crippen LogP contribution in [0.3, 0.4) is 0 Å². The molecule has 12 aromatic rings. The van der Waals surface area contributed by atoms with Crippen molar-refractivity contribution in [3.8, 4) is 22.5 Å². The Hall–Kier alpha value is -7.04. The van der Waals surface area contributed by atoms with E-state index in [1.807, 2.05) is 12.1 Å². The lowest BCUT2D eigenvalue weighted by atomic mass is 9.98. The predicted octanol–water partition coefficient (Wildman–Crippen LogP) is 13.3. The Morgan fingerprint density at radius 2 is 0.692 bits per heavy atom. The normalized spacial score (nSPS) is 12.2. The van der Waals surface area contributed by atoms with Crippen molar-refractivity contribution >= 4 is 87.5 Å². The molecule has 0 unspecified atom stereocenters. The van der Waals surface area contributed by atoms with Crippen molar-refractivity contribution in [3.63, 3.8) is 0 Å². The van der Waals surface area contributed by atoms with Crippen LogP contribution in [-0.2, 0) is 0 Å². The van der Waals surface area contributed by atoms with Gasteiger partial charge < -0.3 is 18.0 Å². The summed E-state index contributed by atoms with van der Waals surface area (Å²) >= 11 is 0. The minimum atomic E-state index is 0.901. The van der Waals surface area contributed by atoms with Gasteiger partial charge in [-0.2, -0.15) is 0 Å². The highest BCUT2D eigenvalue weighted by molar-refractivity contribution is 6.29. The molecule has 0 amide bonds. The minimum absolute atomic E-state index is 0.901. The summed E-state index contributed by atoms with van der Waals surface area (Å²) in [6, 6.07) is 60.5. The first-order valence-corrected chi connectivity index (χ1v) is 17.7. The van der Waals surface area contributed by atoms with E-state index in [0.29, 0.717) is 0 Å². The second-order valence-corrected chi connectivity index (χ2v) is 13.7. The van der Waals surface area contributed by atoms with E-state index in [9.17, 15) is 0 Å². The van der Waals surface area contributed by atoms with Gasteiger partial charge in [0.25, 0.3) is 0 Å². The van der Waals surface area contributed by atoms with E-state index in [1.54, 1.807) is 0 Å². The third-order valence-corrected chi connectivity index (χ3v) is 10.9. The van der Waals surface area contributed by atoms with Crippen molar-refractivity contribution in [1.29, 1.82) is 0 Å². The van der Waals surface area contributed by atoms with Gasteiger partial charge in [-0.3, -0.25) is 0 Å². The van der Waals surface area contributed by atoms with E-state index in [-0.39, 0.29) is 0 Å². The maximum Gasteiger partial charge on any atom is 0.136 e. The Balaban J connectivity index is 1.18. The van der Waals surface area contributed by atoms with E-state index in [2.05, 4.69) is 167 Å². The lowest BCUT2D eigenvalue weighted by Crippen LogP contribution is -1.93. The van der Waals surface area contributed by atoms with Crippen LogP contribution < -0.4 is 0 Å². The van der Waals surface area contributed by atoms with Crippen LogP contribution in [0.5, 0.6) is 0 Å². The molecule has 0 atom stereocenters. The Labute approximate surface area is 296 Å². The molecule has 0 bridgehead atoms. The second kappa shape index (κ2) is 10.3. The Kier molecular flexibility index (Phi) is 5.47. The van der Waals surface area contributed by atoms with E-state index >= 15 is 0 Å². The summed E-state index contributed by atoms with van der Waals surface area (Å²) in [5, 5.41) is 9.38. The molecule has 4 nitrogen and oxygen atoms in total. The zero-order valence-corrected chi connectivity index (χ0v) is 27.9. The van der Waals surface area contributed by atoms with Crippen LogP contribution >= 0.6 is 0 Å². The number of para-hydroxylation sites is 4. The maximum atomic E-state index is 6.41. The molecule has 0 N–H and O–H groups in total. The number of hydrogen-bond acceptors (Lipinski definition) is 2. The number of rotatable bonds is 3. The van der Waals surface area contributed by atoms with Crippen molar-refractivity contribution in [1.82, 2.24) is 9.13 Å². The van der Waals surface area contributed by atoms with Crippen LogP contribution in [0.25, 0.3) is 110 Å². The maximum absolute atomic E-state index is 6.41. The smallest absolute Gasteiger partial charge is 0.136 e. The number of hydrogen-bond donors (Lipinski definition) is 0. The van der Waals surface area contributed by atoms with Crippen molar-refractivity contribution < 1.29 is 8.83 Å². The number of aromatic nitrogens is 2. The van der Waals surface area contributed by atoms with Gasteiger partial charge in [-0.05, 0) is 96.1 Å². The van der Waals surface area contributed by atoms with Crippen LogP contribution in [0.2, 0.25) is 0 Å². The highest BCUT2D eigenvalue weighted by Gasteiger charge is 2.21. The molecule has 0 aliphatic heterocycles. The number of fused-ring (bicyclic) bond motifs is 14. The molecule has 0 fully saturated rings. The molecule has 4 heterocycles. The quantitative estimate of drug-likeness (QED) is 0.188. The summed E-state index contributed by atoms with van der Waals surface area (Å²) in [4.78, 5) is 0. The topological polar surface area (TPSA) is 36.1 Å². The number of benzene rings is 8. The van der Waals surface area contributed by atoms with Crippen LogP contribution in [0.4, 0.5) is 0 Å². The lowest BCUT2D eigenvalue weighted by Gasteiger charge is -2.09. The summed E-state index contributed by atoms with van der Waals surface area (Å²) in [6.07, 6.45) is 0. The lowest BCUT2D eigenvalue weighted by molar-refractivity contribution is 0.669. The SMILES string of the molecule is c1ccc(-n2c3ccc(-c4ccc5c(c4)c4c6c(ccc4n5-c4ccccc4)oc4ccccc46)cc3c3c4c(ccc32)oc2ccccc24)cc1. The third kappa shape index (κ3) is 3.70. The van der Waals surface area contributed by atoms with Crippen LogP contribution in [-0.4, -0.2) is 9.13 Å². The molecular formula is C48H28N2O2. The van der Waals surface area contributed by atoms with E-state index in [1.165, 1.54) is 21.5 Å². The average molecular weight is 665 g/mol. The fourth-order valence-electron chi connectivity index (χ4n) is 8.72. The summed E-state index contributed by atoms with van der Waals surface area (Å²) in [7, 11) is 0. The van der Waals surface area contributed by atoms with E-state index in [0.717, 1.165) is 88.4 Å². The molecule has 4 heteroatoms. The summed E-state index contributed by atoms with van der Waals surface area (Å²) < 4.78 is 17.6. The Bertz CT molecular complexity index is 3170. The van der Waals surface area contributed by atoms with Gasteiger partial charge in [-0.1, -0.05) is 84.9 Å². The van der Waals surface area contributed by atoms with Crippen LogP contribution in [0, 0.1) is 0 Å². The number of nitrogens with zero attached hydrogens (tertiary/aromatic N) is 2. The first-order valence-electron chi connectivity index (χ1n) is 17.7. The van der Waals surface area contributed by atoms with Crippen molar-refractivity contribution in [2.45, 2.75) is 0 Å². The molecule has 0 saturated heterocycles. The monoisotopic (exact) mass is 664 g/mol. The zero-order valence-electron chi connectivity index (χ0n) is 27.9. The number of furan rings is 2. The van der Waals surface area contributed by atoms with Gasteiger partial charge in [0.15, 0.2) is 0 Å². The molecule has 0 spiro atoms. The molecule has 0 aliphatic carbocycles. The van der Waals surface area contributed by atoms with Crippen molar-refractivity contribution in [2.24, 2.45) is 0 Å². The standard InChI is InChI=1S/C48H28N2O2/c1-3-11-31(12-4-1)49-37-21-19-29(27-35(37)45-39(49)23-25-43-47(45)33-15-7-9-17-41(33)51-43)30-20-22-38-36(28-30)46-40(50(38)32-13-5-2-6-14-32)24-26-44-48(46)34-16-8-10-18-42(34)52-44/h1-28H. The molecule has 0 aliphatic rings. The fourth-order valence-corrected chi connectivity index (χ4v) is 8.72. The van der Waals surface area contributed by atoms with Crippen molar-refractivity contribution in [2.75, 3.05) is 0 Å². The van der Waals surface area contributed by atoms with E-state index < -0.39 is 0 Å². The molecule has 52 heavy (non-hydrogen) atoms. The van der Waals surface area contributed by atoms with Gasteiger partial charge in [0, 0.05) is 54.5 Å². The molecule has 8 aromatic carbocycles.